The Morgan fingerprint density at radius 1 is 1.10 bits per heavy atom. The molecule has 0 radical (unpaired) electrons. The van der Waals surface area contributed by atoms with Crippen LogP contribution in [-0.4, -0.2) is 8.42 Å². The third kappa shape index (κ3) is 4.03. The minimum Gasteiger partial charge on any atom is -0.487 e. The van der Waals surface area contributed by atoms with Crippen molar-refractivity contribution in [2.24, 2.45) is 5.14 Å². The number of halogens is 1. The van der Waals surface area contributed by atoms with E-state index in [1.807, 2.05) is 24.3 Å². The van der Waals surface area contributed by atoms with Gasteiger partial charge in [0.15, 0.2) is 0 Å². The SMILES string of the molecule is CCc1ccc(COc2ccc(F)cc2S(N)(=O)=O)cc1. The van der Waals surface area contributed by atoms with Gasteiger partial charge in [-0.25, -0.2) is 17.9 Å². The molecule has 0 bridgehead atoms. The first-order chi connectivity index (χ1) is 9.90. The minimum absolute atomic E-state index is 0.0402. The second kappa shape index (κ2) is 6.24. The fourth-order valence-electron chi connectivity index (χ4n) is 1.86. The maximum Gasteiger partial charge on any atom is 0.241 e. The first-order valence-corrected chi connectivity index (χ1v) is 7.97. The fraction of sp³-hybridized carbons (Fsp3) is 0.200. The number of primary sulfonamides is 1. The molecule has 0 saturated heterocycles. The summed E-state index contributed by atoms with van der Waals surface area (Å²) >= 11 is 0. The Balaban J connectivity index is 2.19. The van der Waals surface area contributed by atoms with Gasteiger partial charge in [0.25, 0.3) is 0 Å². The van der Waals surface area contributed by atoms with Crippen LogP contribution in [0.25, 0.3) is 0 Å². The van der Waals surface area contributed by atoms with Crippen LogP contribution in [0.2, 0.25) is 0 Å². The van der Waals surface area contributed by atoms with Crippen LogP contribution >= 0.6 is 0 Å². The first kappa shape index (κ1) is 15.5. The van der Waals surface area contributed by atoms with Crippen molar-refractivity contribution in [3.05, 3.63) is 59.4 Å². The largest absolute Gasteiger partial charge is 0.487 e. The summed E-state index contributed by atoms with van der Waals surface area (Å²) in [5.41, 5.74) is 2.09. The predicted molar refractivity (Wildman–Crippen MR) is 77.9 cm³/mol. The van der Waals surface area contributed by atoms with Crippen LogP contribution in [0, 0.1) is 5.82 Å². The second-order valence-electron chi connectivity index (χ2n) is 4.59. The van der Waals surface area contributed by atoms with Crippen LogP contribution in [0.3, 0.4) is 0 Å². The van der Waals surface area contributed by atoms with Gasteiger partial charge in [-0.15, -0.1) is 0 Å². The topological polar surface area (TPSA) is 69.4 Å². The Hall–Kier alpha value is -1.92. The summed E-state index contributed by atoms with van der Waals surface area (Å²) < 4.78 is 41.5. The lowest BCUT2D eigenvalue weighted by molar-refractivity contribution is 0.297. The van der Waals surface area contributed by atoms with Crippen molar-refractivity contribution in [3.63, 3.8) is 0 Å². The molecule has 0 atom stereocenters. The van der Waals surface area contributed by atoms with Gasteiger partial charge in [0, 0.05) is 0 Å². The van der Waals surface area contributed by atoms with Crippen LogP contribution in [0.15, 0.2) is 47.4 Å². The molecule has 0 aliphatic rings. The molecular weight excluding hydrogens is 293 g/mol. The molecule has 112 valence electrons. The lowest BCUT2D eigenvalue weighted by Gasteiger charge is -2.10. The molecule has 0 aliphatic heterocycles. The van der Waals surface area contributed by atoms with Crippen LogP contribution in [-0.2, 0) is 23.1 Å². The van der Waals surface area contributed by atoms with E-state index >= 15 is 0 Å². The molecule has 2 rings (SSSR count). The van der Waals surface area contributed by atoms with E-state index in [2.05, 4.69) is 6.92 Å². The third-order valence-corrected chi connectivity index (χ3v) is 3.97. The first-order valence-electron chi connectivity index (χ1n) is 6.43. The molecule has 0 aromatic heterocycles. The zero-order valence-corrected chi connectivity index (χ0v) is 12.4. The Kier molecular flexibility index (Phi) is 4.59. The zero-order valence-electron chi connectivity index (χ0n) is 11.5. The second-order valence-corrected chi connectivity index (χ2v) is 6.12. The summed E-state index contributed by atoms with van der Waals surface area (Å²) in [6.45, 7) is 2.24. The third-order valence-electron chi connectivity index (χ3n) is 3.04. The molecule has 21 heavy (non-hydrogen) atoms. The van der Waals surface area contributed by atoms with E-state index in [-0.39, 0.29) is 17.3 Å². The van der Waals surface area contributed by atoms with Gasteiger partial charge >= 0.3 is 0 Å². The van der Waals surface area contributed by atoms with Crippen molar-refractivity contribution >= 4 is 10.0 Å². The maximum atomic E-state index is 13.1. The lowest BCUT2D eigenvalue weighted by atomic mass is 10.1. The highest BCUT2D eigenvalue weighted by Crippen LogP contribution is 2.24. The number of benzene rings is 2. The van der Waals surface area contributed by atoms with Gasteiger partial charge in [0.1, 0.15) is 23.1 Å². The Bertz CT molecular complexity index is 727. The normalized spacial score (nSPS) is 11.4. The van der Waals surface area contributed by atoms with Gasteiger partial charge in [0.05, 0.1) is 0 Å². The number of ether oxygens (including phenoxy) is 1. The molecule has 2 aromatic rings. The highest BCUT2D eigenvalue weighted by molar-refractivity contribution is 7.89. The van der Waals surface area contributed by atoms with E-state index < -0.39 is 15.8 Å². The zero-order chi connectivity index (χ0) is 15.5. The van der Waals surface area contributed by atoms with Crippen molar-refractivity contribution in [2.45, 2.75) is 24.8 Å². The van der Waals surface area contributed by atoms with Crippen molar-refractivity contribution in [3.8, 4) is 5.75 Å². The molecule has 0 aliphatic carbocycles. The summed E-state index contributed by atoms with van der Waals surface area (Å²) in [6, 6.07) is 11.0. The number of rotatable bonds is 5. The lowest BCUT2D eigenvalue weighted by Crippen LogP contribution is -2.14. The van der Waals surface area contributed by atoms with Gasteiger partial charge in [-0.3, -0.25) is 0 Å². The number of nitrogens with two attached hydrogens (primary N) is 1. The van der Waals surface area contributed by atoms with E-state index in [1.165, 1.54) is 11.6 Å². The fourth-order valence-corrected chi connectivity index (χ4v) is 2.54. The Morgan fingerprint density at radius 3 is 2.29 bits per heavy atom. The van der Waals surface area contributed by atoms with Crippen LogP contribution < -0.4 is 9.88 Å². The summed E-state index contributed by atoms with van der Waals surface area (Å²) in [6.07, 6.45) is 0.939. The van der Waals surface area contributed by atoms with E-state index in [9.17, 15) is 12.8 Å². The quantitative estimate of drug-likeness (QED) is 0.923. The van der Waals surface area contributed by atoms with E-state index in [1.54, 1.807) is 0 Å². The number of sulfonamides is 1. The molecule has 0 spiro atoms. The smallest absolute Gasteiger partial charge is 0.241 e. The molecule has 2 aromatic carbocycles. The highest BCUT2D eigenvalue weighted by atomic mass is 32.2. The minimum atomic E-state index is -4.04. The van der Waals surface area contributed by atoms with Gasteiger partial charge in [-0.2, -0.15) is 0 Å². The van der Waals surface area contributed by atoms with Crippen molar-refractivity contribution in [2.75, 3.05) is 0 Å². The molecular formula is C15H16FNO3S. The molecule has 0 amide bonds. The summed E-state index contributed by atoms with van der Waals surface area (Å²) in [7, 11) is -4.04. The molecule has 6 heteroatoms. The molecule has 4 nitrogen and oxygen atoms in total. The number of hydrogen-bond acceptors (Lipinski definition) is 3. The van der Waals surface area contributed by atoms with Gasteiger partial charge in [-0.05, 0) is 35.7 Å². The number of hydrogen-bond donors (Lipinski definition) is 1. The Labute approximate surface area is 123 Å². The maximum absolute atomic E-state index is 13.1. The standard InChI is InChI=1S/C15H16FNO3S/c1-2-11-3-5-12(6-4-11)10-20-14-8-7-13(16)9-15(14)21(17,18)19/h3-9H,2,10H2,1H3,(H2,17,18,19). The number of aryl methyl sites for hydroxylation is 1. The van der Waals surface area contributed by atoms with Gasteiger partial charge < -0.3 is 4.74 Å². The van der Waals surface area contributed by atoms with Crippen LogP contribution in [0.1, 0.15) is 18.1 Å². The molecule has 0 unspecified atom stereocenters. The van der Waals surface area contributed by atoms with Gasteiger partial charge in [0.2, 0.25) is 10.0 Å². The summed E-state index contributed by atoms with van der Waals surface area (Å²) in [5.74, 6) is -0.642. The molecule has 2 N–H and O–H groups in total. The van der Waals surface area contributed by atoms with Crippen molar-refractivity contribution < 1.29 is 17.5 Å². The van der Waals surface area contributed by atoms with Crippen LogP contribution in [0.5, 0.6) is 5.75 Å². The van der Waals surface area contributed by atoms with E-state index in [4.69, 9.17) is 9.88 Å². The van der Waals surface area contributed by atoms with Gasteiger partial charge in [-0.1, -0.05) is 31.2 Å². The van der Waals surface area contributed by atoms with E-state index in [0.717, 1.165) is 24.1 Å². The Morgan fingerprint density at radius 2 is 1.71 bits per heavy atom. The monoisotopic (exact) mass is 309 g/mol. The van der Waals surface area contributed by atoms with Crippen molar-refractivity contribution in [1.82, 2.24) is 0 Å². The molecule has 0 saturated carbocycles. The highest BCUT2D eigenvalue weighted by Gasteiger charge is 2.16. The van der Waals surface area contributed by atoms with Crippen LogP contribution in [0.4, 0.5) is 4.39 Å². The van der Waals surface area contributed by atoms with E-state index in [0.29, 0.717) is 0 Å². The van der Waals surface area contributed by atoms with Crippen molar-refractivity contribution in [1.29, 1.82) is 0 Å². The summed E-state index contributed by atoms with van der Waals surface area (Å²) in [4.78, 5) is -0.354. The average molecular weight is 309 g/mol. The predicted octanol–water partition coefficient (Wildman–Crippen LogP) is 2.61. The average Bonchev–Trinajstić information content (AvgIpc) is 2.45. The summed E-state index contributed by atoms with van der Waals surface area (Å²) in [5, 5.41) is 5.06. The molecule has 0 fully saturated rings. The molecule has 0 heterocycles.